The van der Waals surface area contributed by atoms with Crippen LogP contribution in [0.5, 0.6) is 0 Å². The smallest absolute Gasteiger partial charge is 0.231 e. The van der Waals surface area contributed by atoms with Crippen LogP contribution in [0.25, 0.3) is 10.9 Å². The summed E-state index contributed by atoms with van der Waals surface area (Å²) < 4.78 is 2.67. The van der Waals surface area contributed by atoms with E-state index in [1.165, 1.54) is 0 Å². The van der Waals surface area contributed by atoms with Crippen LogP contribution in [0, 0.1) is 0 Å². The second-order valence-electron chi connectivity index (χ2n) is 5.05. The number of nitrogens with two attached hydrogens (primary N) is 1. The van der Waals surface area contributed by atoms with E-state index in [-0.39, 0.29) is 18.4 Å². The van der Waals surface area contributed by atoms with E-state index in [9.17, 15) is 9.59 Å². The highest BCUT2D eigenvalue weighted by Gasteiger charge is 2.28. The number of amides is 1. The van der Waals surface area contributed by atoms with Gasteiger partial charge >= 0.3 is 0 Å². The summed E-state index contributed by atoms with van der Waals surface area (Å²) in [4.78, 5) is 25.0. The lowest BCUT2D eigenvalue weighted by Crippen LogP contribution is -2.30. The van der Waals surface area contributed by atoms with Crippen LogP contribution in [-0.4, -0.2) is 27.8 Å². The Bertz CT molecular complexity index is 736. The van der Waals surface area contributed by atoms with Crippen molar-refractivity contribution >= 4 is 38.6 Å². The molecule has 1 aliphatic rings. The minimum atomic E-state index is -0.350. The van der Waals surface area contributed by atoms with Crippen molar-refractivity contribution < 1.29 is 9.59 Å². The lowest BCUT2D eigenvalue weighted by Gasteiger charge is -2.13. The van der Waals surface area contributed by atoms with Crippen molar-refractivity contribution in [3.05, 3.63) is 33.9 Å². The average Bonchev–Trinajstić information content (AvgIpc) is 2.82. The van der Waals surface area contributed by atoms with Crippen molar-refractivity contribution in [1.29, 1.82) is 0 Å². The number of halogens is 1. The molecule has 0 saturated carbocycles. The van der Waals surface area contributed by atoms with Gasteiger partial charge in [0.1, 0.15) is 0 Å². The summed E-state index contributed by atoms with van der Waals surface area (Å²) in [5, 5.41) is 1.06. The van der Waals surface area contributed by atoms with Gasteiger partial charge in [0.15, 0.2) is 0 Å². The summed E-state index contributed by atoms with van der Waals surface area (Å²) in [5.74, 6) is -0.369. The van der Waals surface area contributed by atoms with Gasteiger partial charge in [0.05, 0.1) is 12.1 Å². The molecule has 0 radical (unpaired) electrons. The van der Waals surface area contributed by atoms with Crippen LogP contribution < -0.4 is 5.73 Å². The second kappa shape index (κ2) is 4.71. The summed E-state index contributed by atoms with van der Waals surface area (Å²) in [5.41, 5.74) is 8.24. The highest BCUT2D eigenvalue weighted by atomic mass is 79.9. The van der Waals surface area contributed by atoms with E-state index < -0.39 is 0 Å². The first-order chi connectivity index (χ1) is 9.47. The number of aromatic nitrogens is 1. The van der Waals surface area contributed by atoms with E-state index in [1.54, 1.807) is 11.5 Å². The van der Waals surface area contributed by atoms with Gasteiger partial charge in [-0.3, -0.25) is 19.1 Å². The Morgan fingerprint density at radius 2 is 2.10 bits per heavy atom. The number of benzene rings is 1. The first-order valence-electron chi connectivity index (χ1n) is 6.30. The van der Waals surface area contributed by atoms with Crippen molar-refractivity contribution in [3.8, 4) is 0 Å². The molecule has 1 amide bonds. The molecule has 0 saturated heterocycles. The number of nitrogens with zero attached hydrogens (tertiary/aromatic N) is 2. The number of rotatable bonds is 2. The second-order valence-corrected chi connectivity index (χ2v) is 5.97. The molecule has 20 heavy (non-hydrogen) atoms. The molecule has 104 valence electrons. The van der Waals surface area contributed by atoms with E-state index in [2.05, 4.69) is 15.9 Å². The summed E-state index contributed by atoms with van der Waals surface area (Å²) in [6.45, 7) is 2.99. The lowest BCUT2D eigenvalue weighted by atomic mass is 10.1. The summed E-state index contributed by atoms with van der Waals surface area (Å²) in [6.07, 6.45) is 0. The highest BCUT2D eigenvalue weighted by Crippen LogP contribution is 2.34. The van der Waals surface area contributed by atoms with Crippen LogP contribution in [0.1, 0.15) is 23.0 Å². The Labute approximate surface area is 124 Å². The first-order valence-corrected chi connectivity index (χ1v) is 7.10. The molecule has 1 aromatic heterocycles. The number of hydrogen-bond donors (Lipinski definition) is 1. The molecule has 0 fully saturated rings. The molecule has 2 N–H and O–H groups in total. The van der Waals surface area contributed by atoms with Crippen molar-refractivity contribution in [1.82, 2.24) is 9.47 Å². The van der Waals surface area contributed by atoms with Gasteiger partial charge < -0.3 is 5.73 Å². The molecule has 2 aromatic rings. The molecule has 0 spiro atoms. The molecular weight excluding hydrogens is 322 g/mol. The fourth-order valence-electron chi connectivity index (χ4n) is 2.91. The fourth-order valence-corrected chi connectivity index (χ4v) is 3.26. The quantitative estimate of drug-likeness (QED) is 0.910. The fraction of sp³-hybridized carbons (Fsp3) is 0.286. The molecule has 0 aliphatic carbocycles. The molecule has 6 heteroatoms. The number of fused-ring (bicyclic) bond motifs is 3. The van der Waals surface area contributed by atoms with Crippen molar-refractivity contribution in [2.75, 3.05) is 6.54 Å². The van der Waals surface area contributed by atoms with Gasteiger partial charge in [-0.25, -0.2) is 0 Å². The average molecular weight is 336 g/mol. The van der Waals surface area contributed by atoms with E-state index >= 15 is 0 Å². The molecule has 2 heterocycles. The van der Waals surface area contributed by atoms with E-state index in [1.807, 2.05) is 23.1 Å². The molecule has 1 aliphatic heterocycles. The first kappa shape index (κ1) is 13.3. The minimum absolute atomic E-state index is 0.0183. The number of primary amides is 1. The van der Waals surface area contributed by atoms with Gasteiger partial charge in [0, 0.05) is 35.6 Å². The van der Waals surface area contributed by atoms with Crippen LogP contribution in [-0.2, 0) is 17.9 Å². The zero-order chi connectivity index (χ0) is 14.4. The minimum Gasteiger partial charge on any atom is -0.369 e. The van der Waals surface area contributed by atoms with E-state index in [0.29, 0.717) is 13.1 Å². The third-order valence-electron chi connectivity index (χ3n) is 3.59. The molecule has 3 rings (SSSR count). The Hall–Kier alpha value is -1.66. The number of carbonyl (C=O) groups excluding carboxylic acids is 2. The number of carbonyl (C=O) groups is 2. The SMILES string of the molecule is CC(=O)n1c2c(c3ccc(Br)cc31)CN(CC(N)=O)C2. The van der Waals surface area contributed by atoms with Gasteiger partial charge in [0.25, 0.3) is 0 Å². The van der Waals surface area contributed by atoms with Crippen molar-refractivity contribution in [2.45, 2.75) is 20.0 Å². The predicted molar refractivity (Wildman–Crippen MR) is 79.2 cm³/mol. The summed E-state index contributed by atoms with van der Waals surface area (Å²) in [6, 6.07) is 5.92. The van der Waals surface area contributed by atoms with Gasteiger partial charge in [-0.05, 0) is 17.7 Å². The summed E-state index contributed by atoms with van der Waals surface area (Å²) in [7, 11) is 0. The van der Waals surface area contributed by atoms with Crippen LogP contribution in [0.2, 0.25) is 0 Å². The van der Waals surface area contributed by atoms with Gasteiger partial charge in [-0.1, -0.05) is 22.0 Å². The monoisotopic (exact) mass is 335 g/mol. The Morgan fingerprint density at radius 3 is 2.75 bits per heavy atom. The molecule has 0 atom stereocenters. The maximum atomic E-state index is 12.0. The van der Waals surface area contributed by atoms with Gasteiger partial charge in [-0.2, -0.15) is 0 Å². The molecule has 1 aromatic carbocycles. The van der Waals surface area contributed by atoms with Crippen LogP contribution in [0.15, 0.2) is 22.7 Å². The van der Waals surface area contributed by atoms with Crippen molar-refractivity contribution in [2.24, 2.45) is 5.73 Å². The van der Waals surface area contributed by atoms with Gasteiger partial charge in [0.2, 0.25) is 11.8 Å². The maximum absolute atomic E-state index is 12.0. The Kier molecular flexibility index (Phi) is 3.14. The van der Waals surface area contributed by atoms with Crippen LogP contribution in [0.3, 0.4) is 0 Å². The third-order valence-corrected chi connectivity index (χ3v) is 4.09. The van der Waals surface area contributed by atoms with Crippen LogP contribution >= 0.6 is 15.9 Å². The molecule has 0 unspecified atom stereocenters. The number of hydrogen-bond acceptors (Lipinski definition) is 3. The lowest BCUT2D eigenvalue weighted by molar-refractivity contribution is -0.119. The van der Waals surface area contributed by atoms with Gasteiger partial charge in [-0.15, -0.1) is 0 Å². The summed E-state index contributed by atoms with van der Waals surface area (Å²) >= 11 is 3.44. The van der Waals surface area contributed by atoms with Crippen LogP contribution in [0.4, 0.5) is 0 Å². The van der Waals surface area contributed by atoms with E-state index in [0.717, 1.165) is 26.6 Å². The predicted octanol–water partition coefficient (Wildman–Crippen LogP) is 1.86. The largest absolute Gasteiger partial charge is 0.369 e. The normalized spacial score (nSPS) is 14.7. The topological polar surface area (TPSA) is 68.3 Å². The molecular formula is C14H14BrN3O2. The molecule has 0 bridgehead atoms. The Balaban J connectivity index is 2.14. The zero-order valence-corrected chi connectivity index (χ0v) is 12.6. The van der Waals surface area contributed by atoms with E-state index in [4.69, 9.17) is 5.73 Å². The van der Waals surface area contributed by atoms with Crippen molar-refractivity contribution in [3.63, 3.8) is 0 Å². The standard InChI is InChI=1S/C14H14BrN3O2/c1-8(19)18-12-4-9(15)2-3-10(12)11-5-17(6-13(11)18)7-14(16)20/h2-4H,5-7H2,1H3,(H2,16,20). The maximum Gasteiger partial charge on any atom is 0.231 e. The third kappa shape index (κ3) is 2.05. The Morgan fingerprint density at radius 1 is 1.35 bits per heavy atom. The molecule has 5 nitrogen and oxygen atoms in total. The highest BCUT2D eigenvalue weighted by molar-refractivity contribution is 9.10. The zero-order valence-electron chi connectivity index (χ0n) is 11.0.